The molecule has 66 heavy (non-hydrogen) atoms. The van der Waals surface area contributed by atoms with Crippen molar-refractivity contribution in [3.63, 3.8) is 0 Å². The van der Waals surface area contributed by atoms with Gasteiger partial charge in [-0.15, -0.1) is 0 Å². The number of benzene rings is 4. The highest BCUT2D eigenvalue weighted by molar-refractivity contribution is 6.05. The fourth-order valence-electron chi connectivity index (χ4n) is 9.67. The van der Waals surface area contributed by atoms with Crippen LogP contribution in [-0.2, 0) is 22.7 Å². The monoisotopic (exact) mass is 895 g/mol. The number of carbonyl (C=O) groups is 4. The first-order valence-corrected chi connectivity index (χ1v) is 22.0. The second-order valence-electron chi connectivity index (χ2n) is 17.2. The van der Waals surface area contributed by atoms with E-state index in [0.717, 1.165) is 75.1 Å². The number of carbonyl (C=O) groups excluding carboxylic acids is 4. The Morgan fingerprint density at radius 3 is 2.47 bits per heavy atom. The number of nitrogens with two attached hydrogens (primary N) is 1. The Hall–Kier alpha value is -7.47. The van der Waals surface area contributed by atoms with E-state index in [1.165, 1.54) is 31.6 Å². The van der Waals surface area contributed by atoms with Crippen LogP contribution < -0.4 is 30.9 Å². The number of nitrogens with zero attached hydrogens (tertiary/aromatic N) is 8. The number of halogens is 2. The second kappa shape index (κ2) is 17.5. The highest BCUT2D eigenvalue weighted by atomic mass is 19.1. The molecule has 2 atom stereocenters. The Balaban J connectivity index is 0.758. The molecule has 4 amide bonds. The number of piperidine rings is 1. The fraction of sp³-hybridized carbons (Fsp3) is 0.312. The van der Waals surface area contributed by atoms with Crippen molar-refractivity contribution in [3.8, 4) is 22.7 Å². The van der Waals surface area contributed by atoms with E-state index in [9.17, 15) is 23.6 Å². The van der Waals surface area contributed by atoms with Crippen molar-refractivity contribution in [2.45, 2.75) is 38.4 Å². The van der Waals surface area contributed by atoms with Crippen molar-refractivity contribution >= 4 is 51.9 Å². The summed E-state index contributed by atoms with van der Waals surface area (Å²) in [7, 11) is 1.42. The van der Waals surface area contributed by atoms with Crippen LogP contribution in [0.15, 0.2) is 85.2 Å². The summed E-state index contributed by atoms with van der Waals surface area (Å²) < 4.78 is 36.8. The summed E-state index contributed by atoms with van der Waals surface area (Å²) in [5.41, 5.74) is 12.5. The van der Waals surface area contributed by atoms with Gasteiger partial charge in [-0.25, -0.2) is 23.4 Å². The van der Waals surface area contributed by atoms with Crippen LogP contribution in [-0.4, -0.2) is 112 Å². The number of fused-ring (bicyclic) bond motifs is 2. The fourth-order valence-corrected chi connectivity index (χ4v) is 9.67. The largest absolute Gasteiger partial charge is 0.496 e. The van der Waals surface area contributed by atoms with Crippen LogP contribution in [0.25, 0.3) is 28.0 Å². The molecule has 0 aliphatic carbocycles. The number of nitrogen functional groups attached to an aromatic ring is 1. The molecular weight excluding hydrogens is 849 g/mol. The number of ether oxygens (including phenoxy) is 1. The molecule has 2 aromatic heterocycles. The summed E-state index contributed by atoms with van der Waals surface area (Å²) in [5, 5.41) is 10.5. The van der Waals surface area contributed by atoms with Crippen LogP contribution in [0.2, 0.25) is 0 Å². The lowest BCUT2D eigenvalue weighted by molar-refractivity contribution is -0.136. The van der Waals surface area contributed by atoms with Crippen molar-refractivity contribution in [1.29, 1.82) is 0 Å². The molecule has 4 aromatic carbocycles. The minimum absolute atomic E-state index is 0.0948. The molecule has 338 valence electrons. The van der Waals surface area contributed by atoms with E-state index in [1.54, 1.807) is 15.6 Å². The molecule has 0 saturated carbocycles. The number of amides is 4. The van der Waals surface area contributed by atoms with Gasteiger partial charge in [0.1, 0.15) is 41.3 Å². The number of nitrogens with one attached hydrogen (secondary N) is 2. The van der Waals surface area contributed by atoms with E-state index >= 15 is 4.39 Å². The zero-order chi connectivity index (χ0) is 45.6. The molecule has 1 unspecified atom stereocenters. The Bertz CT molecular complexity index is 2900. The van der Waals surface area contributed by atoms with Crippen LogP contribution in [0, 0.1) is 17.6 Å². The highest BCUT2D eigenvalue weighted by Gasteiger charge is 2.39. The van der Waals surface area contributed by atoms with E-state index in [1.807, 2.05) is 42.5 Å². The van der Waals surface area contributed by atoms with Gasteiger partial charge in [-0.3, -0.25) is 29.4 Å². The molecular formula is C48H47F2N11O5. The van der Waals surface area contributed by atoms with E-state index in [4.69, 9.17) is 15.6 Å². The lowest BCUT2D eigenvalue weighted by atomic mass is 10.0. The number of aromatic nitrogens is 4. The quantitative estimate of drug-likeness (QED) is 0.153. The number of piperazine rings is 1. The van der Waals surface area contributed by atoms with Gasteiger partial charge in [0.15, 0.2) is 5.65 Å². The molecule has 3 fully saturated rings. The van der Waals surface area contributed by atoms with Crippen LogP contribution in [0.1, 0.15) is 51.1 Å². The number of hydrogen-bond donors (Lipinski definition) is 3. The van der Waals surface area contributed by atoms with Crippen molar-refractivity contribution in [2.24, 2.45) is 5.92 Å². The normalized spacial score (nSPS) is 18.8. The molecule has 6 heterocycles. The number of rotatable bonds is 11. The van der Waals surface area contributed by atoms with Gasteiger partial charge in [0.2, 0.25) is 11.8 Å². The SMILES string of the molecule is COc1ccc(F)cc1C(=O)NCc1ccc(-c2nn(-c3ccc(N4CC[C@@H](CN5CCN(c6ccc7c(c6)CN(C6CCC(=O)NC6=O)C7=O)CC5)C4)c(F)c3)c3ncnc(N)c23)cc1. The first-order chi connectivity index (χ1) is 32.0. The summed E-state index contributed by atoms with van der Waals surface area (Å²) in [6.07, 6.45) is 2.85. The van der Waals surface area contributed by atoms with Gasteiger partial charge in [-0.05, 0) is 78.4 Å². The summed E-state index contributed by atoms with van der Waals surface area (Å²) in [6, 6.07) is 21.5. The molecule has 4 aliphatic heterocycles. The Morgan fingerprint density at radius 1 is 0.894 bits per heavy atom. The zero-order valence-electron chi connectivity index (χ0n) is 36.2. The summed E-state index contributed by atoms with van der Waals surface area (Å²) in [6.45, 7) is 6.32. The van der Waals surface area contributed by atoms with E-state index in [0.29, 0.717) is 58.1 Å². The van der Waals surface area contributed by atoms with Gasteiger partial charge in [0.05, 0.1) is 29.4 Å². The van der Waals surface area contributed by atoms with Gasteiger partial charge >= 0.3 is 0 Å². The second-order valence-corrected chi connectivity index (χ2v) is 17.2. The van der Waals surface area contributed by atoms with E-state index in [2.05, 4.69) is 41.4 Å². The predicted octanol–water partition coefficient (Wildman–Crippen LogP) is 4.69. The number of anilines is 3. The van der Waals surface area contributed by atoms with Crippen molar-refractivity contribution < 1.29 is 32.7 Å². The third-order valence-corrected chi connectivity index (χ3v) is 13.1. The number of hydrogen-bond acceptors (Lipinski definition) is 12. The van der Waals surface area contributed by atoms with Gasteiger partial charge in [-0.1, -0.05) is 24.3 Å². The number of methoxy groups -OCH3 is 1. The summed E-state index contributed by atoms with van der Waals surface area (Å²) in [4.78, 5) is 67.4. The van der Waals surface area contributed by atoms with Crippen LogP contribution in [0.4, 0.5) is 26.0 Å². The molecule has 6 aromatic rings. The molecule has 3 saturated heterocycles. The van der Waals surface area contributed by atoms with Gasteiger partial charge in [-0.2, -0.15) is 5.10 Å². The van der Waals surface area contributed by atoms with Gasteiger partial charge in [0.25, 0.3) is 11.8 Å². The Morgan fingerprint density at radius 2 is 1.70 bits per heavy atom. The first-order valence-electron chi connectivity index (χ1n) is 22.0. The molecule has 0 bridgehead atoms. The lowest BCUT2D eigenvalue weighted by Crippen LogP contribution is -2.52. The lowest BCUT2D eigenvalue weighted by Gasteiger charge is -2.37. The number of imide groups is 1. The van der Waals surface area contributed by atoms with E-state index in [-0.39, 0.29) is 47.7 Å². The third-order valence-electron chi connectivity index (χ3n) is 13.1. The van der Waals surface area contributed by atoms with Crippen LogP contribution in [0.5, 0.6) is 5.75 Å². The standard InChI is InChI=1S/C48H47F2N11O5/c1-66-40-12-6-32(49)21-36(40)46(63)52-23-28-2-4-30(5-3-28)43-42-44(51)53-27-54-45(42)61(56-43)34-8-10-38(37(50)22-34)59-15-14-29(25-59)24-57-16-18-58(19-17-57)33-7-9-35-31(20-33)26-60(48(35)65)39-11-13-41(62)55-47(39)64/h2-10,12,20-22,27,29,39H,11,13-19,23-26H2,1H3,(H,52,63)(H2,51,53,54)(H,55,62,64)/t29-,39?/m0/s1. The van der Waals surface area contributed by atoms with Crippen molar-refractivity contribution in [1.82, 2.24) is 40.2 Å². The maximum Gasteiger partial charge on any atom is 0.255 e. The minimum atomic E-state index is -0.637. The molecule has 4 N–H and O–H groups in total. The van der Waals surface area contributed by atoms with Crippen LogP contribution in [0.3, 0.4) is 0 Å². The maximum absolute atomic E-state index is 16.1. The van der Waals surface area contributed by atoms with Crippen LogP contribution >= 0.6 is 0 Å². The minimum Gasteiger partial charge on any atom is -0.496 e. The van der Waals surface area contributed by atoms with Crippen molar-refractivity contribution in [3.05, 3.63) is 119 Å². The molecule has 0 radical (unpaired) electrons. The Kier molecular flexibility index (Phi) is 11.3. The average Bonchev–Trinajstić information content (AvgIpc) is 4.04. The van der Waals surface area contributed by atoms with Gasteiger partial charge < -0.3 is 30.5 Å². The average molecular weight is 896 g/mol. The van der Waals surface area contributed by atoms with Gasteiger partial charge in [0, 0.05) is 88.2 Å². The van der Waals surface area contributed by atoms with E-state index < -0.39 is 23.7 Å². The zero-order valence-corrected chi connectivity index (χ0v) is 36.2. The molecule has 16 nitrogen and oxygen atoms in total. The summed E-state index contributed by atoms with van der Waals surface area (Å²) >= 11 is 0. The Labute approximate surface area is 378 Å². The molecule has 4 aliphatic rings. The van der Waals surface area contributed by atoms with Crippen molar-refractivity contribution in [2.75, 3.05) is 68.5 Å². The first kappa shape index (κ1) is 42.5. The maximum atomic E-state index is 16.1. The highest BCUT2D eigenvalue weighted by Crippen LogP contribution is 2.35. The smallest absolute Gasteiger partial charge is 0.255 e. The predicted molar refractivity (Wildman–Crippen MR) is 242 cm³/mol. The summed E-state index contributed by atoms with van der Waals surface area (Å²) in [5.74, 6) is -1.41. The third kappa shape index (κ3) is 8.12. The topological polar surface area (TPSA) is 184 Å². The molecule has 10 rings (SSSR count). The molecule has 0 spiro atoms. The molecule has 18 heteroatoms.